The van der Waals surface area contributed by atoms with Crippen molar-refractivity contribution in [2.45, 2.75) is 13.8 Å². The lowest BCUT2D eigenvalue weighted by atomic mass is 10.2. The van der Waals surface area contributed by atoms with Crippen LogP contribution in [0.2, 0.25) is 20.1 Å². The van der Waals surface area contributed by atoms with Crippen LogP contribution in [0.3, 0.4) is 0 Å². The summed E-state index contributed by atoms with van der Waals surface area (Å²) in [6.45, 7) is 3.84. The van der Waals surface area contributed by atoms with Gasteiger partial charge < -0.3 is 4.74 Å². The van der Waals surface area contributed by atoms with Gasteiger partial charge in [0.2, 0.25) is 0 Å². The lowest BCUT2D eigenvalue weighted by Gasteiger charge is -2.16. The van der Waals surface area contributed by atoms with Gasteiger partial charge in [-0.2, -0.15) is 0 Å². The molecule has 3 aromatic rings. The van der Waals surface area contributed by atoms with E-state index in [4.69, 9.17) is 62.6 Å². The predicted octanol–water partition coefficient (Wildman–Crippen LogP) is 8.74. The van der Waals surface area contributed by atoms with Crippen LogP contribution in [0.5, 0.6) is 5.75 Å². The fourth-order valence-electron chi connectivity index (χ4n) is 3.32. The molecule has 1 saturated heterocycles. The van der Waals surface area contributed by atoms with Crippen molar-refractivity contribution in [2.75, 3.05) is 11.5 Å². The first-order valence-electron chi connectivity index (χ1n) is 10.6. The number of nitrogens with zero attached hydrogens (tertiary/aromatic N) is 2. The SMILES string of the molecule is C#CCOc1c(Cl)cc(/C=C2/SC(=Nc3ccc(C)c(Cl)c3)N(c3ccc(C)c(Cl)c3)C2=O)cc1Cl. The number of thioether (sulfide) groups is 1. The number of rotatable bonds is 5. The molecule has 9 heteroatoms. The summed E-state index contributed by atoms with van der Waals surface area (Å²) in [5.74, 6) is 2.40. The molecule has 1 aliphatic heterocycles. The van der Waals surface area contributed by atoms with E-state index in [9.17, 15) is 4.79 Å². The summed E-state index contributed by atoms with van der Waals surface area (Å²) >= 11 is 26.6. The van der Waals surface area contributed by atoms with E-state index in [1.54, 1.807) is 30.3 Å². The van der Waals surface area contributed by atoms with E-state index in [1.807, 2.05) is 38.1 Å². The molecule has 1 fully saturated rings. The first kappa shape index (κ1) is 26.5. The van der Waals surface area contributed by atoms with Crippen molar-refractivity contribution in [3.05, 3.63) is 90.2 Å². The highest BCUT2D eigenvalue weighted by molar-refractivity contribution is 8.19. The summed E-state index contributed by atoms with van der Waals surface area (Å²) in [4.78, 5) is 20.2. The minimum atomic E-state index is -0.267. The average molecular weight is 576 g/mol. The third-order valence-corrected chi connectivity index (χ3v) is 7.56. The third kappa shape index (κ3) is 5.70. The van der Waals surface area contributed by atoms with Crippen LogP contribution in [0.15, 0.2) is 58.4 Å². The van der Waals surface area contributed by atoms with Gasteiger partial charge in [0.05, 0.1) is 26.3 Å². The van der Waals surface area contributed by atoms with Crippen LogP contribution >= 0.6 is 58.2 Å². The molecule has 1 amide bonds. The molecule has 1 heterocycles. The van der Waals surface area contributed by atoms with E-state index in [-0.39, 0.29) is 22.6 Å². The maximum atomic E-state index is 13.6. The molecule has 0 unspecified atom stereocenters. The summed E-state index contributed by atoms with van der Waals surface area (Å²) < 4.78 is 5.42. The molecule has 0 radical (unpaired) electrons. The number of benzene rings is 3. The topological polar surface area (TPSA) is 41.9 Å². The molecule has 4 rings (SSSR count). The Morgan fingerprint density at radius 3 is 2.22 bits per heavy atom. The Labute approximate surface area is 233 Å². The van der Waals surface area contributed by atoms with Gasteiger partial charge in [-0.3, -0.25) is 9.69 Å². The Morgan fingerprint density at radius 1 is 0.972 bits per heavy atom. The first-order chi connectivity index (χ1) is 17.2. The van der Waals surface area contributed by atoms with Crippen LogP contribution in [-0.2, 0) is 4.79 Å². The second kappa shape index (κ2) is 11.2. The highest BCUT2D eigenvalue weighted by atomic mass is 35.5. The van der Waals surface area contributed by atoms with Crippen LogP contribution in [-0.4, -0.2) is 17.7 Å². The molecule has 0 spiro atoms. The number of amidine groups is 1. The average Bonchev–Trinajstić information content (AvgIpc) is 3.12. The van der Waals surface area contributed by atoms with Gasteiger partial charge in [0.1, 0.15) is 6.61 Å². The highest BCUT2D eigenvalue weighted by Crippen LogP contribution is 2.40. The Kier molecular flexibility index (Phi) is 8.24. The van der Waals surface area contributed by atoms with E-state index in [1.165, 1.54) is 16.7 Å². The summed E-state index contributed by atoms with van der Waals surface area (Å²) in [6.07, 6.45) is 6.95. The maximum Gasteiger partial charge on any atom is 0.271 e. The standard InChI is InChI=1S/C27H18Cl4N2O2S/c1-4-9-35-25-22(30)10-17(11-23(25)31)12-24-26(34)33(19-8-6-16(3)21(29)14-19)27(36-24)32-18-7-5-15(2)20(28)13-18/h1,5-8,10-14H,9H2,2-3H3/b24-12+,32-27?. The quantitative estimate of drug-likeness (QED) is 0.225. The van der Waals surface area contributed by atoms with E-state index in [0.29, 0.717) is 42.8 Å². The lowest BCUT2D eigenvalue weighted by molar-refractivity contribution is -0.113. The lowest BCUT2D eigenvalue weighted by Crippen LogP contribution is -2.28. The molecule has 0 N–H and O–H groups in total. The molecule has 0 aliphatic carbocycles. The van der Waals surface area contributed by atoms with Crippen molar-refractivity contribution in [2.24, 2.45) is 4.99 Å². The smallest absolute Gasteiger partial charge is 0.271 e. The summed E-state index contributed by atoms with van der Waals surface area (Å²) in [5, 5.41) is 2.15. The highest BCUT2D eigenvalue weighted by Gasteiger charge is 2.35. The molecule has 182 valence electrons. The van der Waals surface area contributed by atoms with Crippen molar-refractivity contribution in [3.63, 3.8) is 0 Å². The molecular formula is C27H18Cl4N2O2S. The van der Waals surface area contributed by atoms with Gasteiger partial charge in [0.15, 0.2) is 10.9 Å². The molecular weight excluding hydrogens is 558 g/mol. The van der Waals surface area contributed by atoms with E-state index >= 15 is 0 Å². The van der Waals surface area contributed by atoms with Crippen molar-refractivity contribution >= 4 is 86.7 Å². The number of hydrogen-bond acceptors (Lipinski definition) is 4. The van der Waals surface area contributed by atoms with Crippen molar-refractivity contribution in [1.82, 2.24) is 0 Å². The summed E-state index contributed by atoms with van der Waals surface area (Å²) in [5.41, 5.74) is 3.66. The number of hydrogen-bond donors (Lipinski definition) is 0. The van der Waals surface area contributed by atoms with Crippen LogP contribution in [0, 0.1) is 26.2 Å². The number of carbonyl (C=O) groups is 1. The molecule has 0 bridgehead atoms. The number of anilines is 1. The van der Waals surface area contributed by atoms with E-state index in [2.05, 4.69) is 5.92 Å². The maximum absolute atomic E-state index is 13.6. The summed E-state index contributed by atoms with van der Waals surface area (Å²) in [6, 6.07) is 14.2. The zero-order valence-electron chi connectivity index (χ0n) is 19.1. The zero-order valence-corrected chi connectivity index (χ0v) is 23.0. The molecule has 1 aliphatic rings. The van der Waals surface area contributed by atoms with Gasteiger partial charge >= 0.3 is 0 Å². The van der Waals surface area contributed by atoms with Crippen molar-refractivity contribution in [3.8, 4) is 18.1 Å². The van der Waals surface area contributed by atoms with Crippen molar-refractivity contribution < 1.29 is 9.53 Å². The number of halogens is 4. The fourth-order valence-corrected chi connectivity index (χ4v) is 5.29. The number of aliphatic imine (C=N–C) groups is 1. The Hall–Kier alpha value is -2.59. The van der Waals surface area contributed by atoms with Gasteiger partial charge in [-0.15, -0.1) is 6.42 Å². The molecule has 36 heavy (non-hydrogen) atoms. The van der Waals surface area contributed by atoms with Gasteiger partial charge in [-0.25, -0.2) is 4.99 Å². The second-order valence-corrected chi connectivity index (χ2v) is 10.5. The minimum absolute atomic E-state index is 0.0329. The summed E-state index contributed by atoms with van der Waals surface area (Å²) in [7, 11) is 0. The monoisotopic (exact) mass is 574 g/mol. The van der Waals surface area contributed by atoms with Gasteiger partial charge in [0, 0.05) is 10.0 Å². The second-order valence-electron chi connectivity index (χ2n) is 7.82. The number of ether oxygens (including phenoxy) is 1. The van der Waals surface area contributed by atoms with Gasteiger partial charge in [-0.1, -0.05) is 64.5 Å². The molecule has 0 atom stereocenters. The third-order valence-electron chi connectivity index (χ3n) is 5.22. The number of amides is 1. The molecule has 3 aromatic carbocycles. The van der Waals surface area contributed by atoms with Crippen LogP contribution in [0.4, 0.5) is 11.4 Å². The Morgan fingerprint density at radius 2 is 1.61 bits per heavy atom. The van der Waals surface area contributed by atoms with Gasteiger partial charge in [-0.05, 0) is 84.8 Å². The van der Waals surface area contributed by atoms with Crippen LogP contribution in [0.1, 0.15) is 16.7 Å². The minimum Gasteiger partial charge on any atom is -0.478 e. The van der Waals surface area contributed by atoms with Crippen LogP contribution < -0.4 is 9.64 Å². The predicted molar refractivity (Wildman–Crippen MR) is 153 cm³/mol. The Bertz CT molecular complexity index is 1450. The molecule has 0 saturated carbocycles. The Balaban J connectivity index is 1.78. The van der Waals surface area contributed by atoms with Crippen LogP contribution in [0.25, 0.3) is 6.08 Å². The normalized spacial score (nSPS) is 15.6. The fraction of sp³-hybridized carbons (Fsp3) is 0.111. The largest absolute Gasteiger partial charge is 0.478 e. The first-order valence-corrected chi connectivity index (χ1v) is 12.9. The zero-order chi connectivity index (χ0) is 26.0. The molecule has 0 aromatic heterocycles. The number of terminal acetylenes is 1. The van der Waals surface area contributed by atoms with E-state index in [0.717, 1.165) is 11.1 Å². The number of carbonyl (C=O) groups excluding carboxylic acids is 1. The van der Waals surface area contributed by atoms with E-state index < -0.39 is 0 Å². The number of aryl methyl sites for hydroxylation is 2. The van der Waals surface area contributed by atoms with Gasteiger partial charge in [0.25, 0.3) is 5.91 Å². The molecule has 4 nitrogen and oxygen atoms in total. The van der Waals surface area contributed by atoms with Crippen molar-refractivity contribution in [1.29, 1.82) is 0 Å².